The van der Waals surface area contributed by atoms with E-state index < -0.39 is 11.9 Å². The Hall–Kier alpha value is -1.63. The molecule has 0 aliphatic carbocycles. The van der Waals surface area contributed by atoms with Gasteiger partial charge in [-0.05, 0) is 19.2 Å². The highest BCUT2D eigenvalue weighted by molar-refractivity contribution is 6.43. The minimum Gasteiger partial charge on any atom is -0.481 e. The number of carbonyl (C=O) groups is 1. The molecule has 1 atom stereocenters. The summed E-state index contributed by atoms with van der Waals surface area (Å²) in [5, 5.41) is 17.9. The molecule has 0 saturated carbocycles. The number of halogens is 2. The van der Waals surface area contributed by atoms with Gasteiger partial charge in [-0.2, -0.15) is 0 Å². The molecule has 8 heteroatoms. The van der Waals surface area contributed by atoms with Crippen LogP contribution < -0.4 is 0 Å². The van der Waals surface area contributed by atoms with Crippen LogP contribution in [0.25, 0.3) is 5.69 Å². The number of hydrogen-bond donors (Lipinski definition) is 1. The Bertz CT molecular complexity index is 675. The van der Waals surface area contributed by atoms with Gasteiger partial charge >= 0.3 is 5.97 Å². The molecule has 0 spiro atoms. The smallest absolute Gasteiger partial charge is 0.307 e. The molecule has 0 fully saturated rings. The number of nitrogens with zero attached hydrogens (tertiary/aromatic N) is 4. The van der Waals surface area contributed by atoms with E-state index in [0.717, 1.165) is 5.69 Å². The Morgan fingerprint density at radius 2 is 2.18 bits per heavy atom. The summed E-state index contributed by atoms with van der Waals surface area (Å²) in [6.07, 6.45) is 1.75. The maximum absolute atomic E-state index is 10.9. The number of aromatic nitrogens is 3. The first kappa shape index (κ1) is 16.7. The minimum atomic E-state index is -0.818. The molecule has 1 N–H and O–H groups in total. The first-order valence-corrected chi connectivity index (χ1v) is 7.41. The van der Waals surface area contributed by atoms with Gasteiger partial charge in [0.2, 0.25) is 0 Å². The average molecular weight is 343 g/mol. The van der Waals surface area contributed by atoms with Crippen molar-refractivity contribution in [3.05, 3.63) is 40.1 Å². The Morgan fingerprint density at radius 3 is 2.86 bits per heavy atom. The quantitative estimate of drug-likeness (QED) is 0.873. The van der Waals surface area contributed by atoms with Crippen molar-refractivity contribution in [2.45, 2.75) is 13.5 Å². The lowest BCUT2D eigenvalue weighted by atomic mass is 10.2. The molecule has 6 nitrogen and oxygen atoms in total. The molecule has 0 aliphatic heterocycles. The fraction of sp³-hybridized carbons (Fsp3) is 0.357. The average Bonchev–Trinajstić information content (AvgIpc) is 2.89. The summed E-state index contributed by atoms with van der Waals surface area (Å²) in [6.45, 7) is 2.59. The van der Waals surface area contributed by atoms with Crippen molar-refractivity contribution in [1.29, 1.82) is 0 Å². The van der Waals surface area contributed by atoms with E-state index >= 15 is 0 Å². The molecule has 22 heavy (non-hydrogen) atoms. The van der Waals surface area contributed by atoms with Crippen LogP contribution in [0, 0.1) is 5.92 Å². The molecular formula is C14H16Cl2N4O2. The molecule has 1 aromatic carbocycles. The summed E-state index contributed by atoms with van der Waals surface area (Å²) in [5.41, 5.74) is 1.37. The van der Waals surface area contributed by atoms with E-state index in [4.69, 9.17) is 28.3 Å². The second-order valence-corrected chi connectivity index (χ2v) is 5.95. The Kier molecular flexibility index (Phi) is 5.39. The van der Waals surface area contributed by atoms with Crippen molar-refractivity contribution in [1.82, 2.24) is 19.9 Å². The summed E-state index contributed by atoms with van der Waals surface area (Å²) in [4.78, 5) is 12.7. The van der Waals surface area contributed by atoms with E-state index in [9.17, 15) is 4.79 Å². The fourth-order valence-corrected chi connectivity index (χ4v) is 2.43. The highest BCUT2D eigenvalue weighted by Gasteiger charge is 2.15. The first-order chi connectivity index (χ1) is 10.4. The van der Waals surface area contributed by atoms with Crippen LogP contribution in [0.5, 0.6) is 0 Å². The zero-order valence-electron chi connectivity index (χ0n) is 12.2. The lowest BCUT2D eigenvalue weighted by Gasteiger charge is -2.17. The van der Waals surface area contributed by atoms with Crippen LogP contribution in [0.2, 0.25) is 10.0 Å². The first-order valence-electron chi connectivity index (χ1n) is 6.65. The molecule has 1 heterocycles. The molecule has 0 saturated heterocycles. The van der Waals surface area contributed by atoms with Gasteiger partial charge in [-0.1, -0.05) is 41.4 Å². The van der Waals surface area contributed by atoms with Crippen LogP contribution in [0.1, 0.15) is 12.6 Å². The van der Waals surface area contributed by atoms with Crippen LogP contribution in [0.15, 0.2) is 24.4 Å². The summed E-state index contributed by atoms with van der Waals surface area (Å²) >= 11 is 12.1. The van der Waals surface area contributed by atoms with Crippen LogP contribution in [-0.4, -0.2) is 44.6 Å². The maximum atomic E-state index is 10.9. The molecule has 0 bridgehead atoms. The minimum absolute atomic E-state index is 0.411. The van der Waals surface area contributed by atoms with Crippen molar-refractivity contribution >= 4 is 29.2 Å². The Morgan fingerprint density at radius 1 is 1.45 bits per heavy atom. The third-order valence-corrected chi connectivity index (χ3v) is 3.97. The van der Waals surface area contributed by atoms with Gasteiger partial charge in [0.15, 0.2) is 0 Å². The zero-order valence-corrected chi connectivity index (χ0v) is 13.7. The molecule has 0 aliphatic rings. The number of carboxylic acids is 1. The molecule has 0 radical (unpaired) electrons. The summed E-state index contributed by atoms with van der Waals surface area (Å²) in [6, 6.07) is 5.28. The highest BCUT2D eigenvalue weighted by atomic mass is 35.5. The second-order valence-electron chi connectivity index (χ2n) is 5.16. The van der Waals surface area contributed by atoms with Crippen LogP contribution in [0.4, 0.5) is 0 Å². The van der Waals surface area contributed by atoms with E-state index in [1.54, 1.807) is 36.0 Å². The summed E-state index contributed by atoms with van der Waals surface area (Å²) in [5.74, 6) is -1.26. The molecule has 1 unspecified atom stereocenters. The van der Waals surface area contributed by atoms with E-state index in [-0.39, 0.29) is 0 Å². The lowest BCUT2D eigenvalue weighted by molar-refractivity contribution is -0.141. The van der Waals surface area contributed by atoms with Crippen molar-refractivity contribution in [3.63, 3.8) is 0 Å². The summed E-state index contributed by atoms with van der Waals surface area (Å²) < 4.78 is 1.55. The Balaban J connectivity index is 2.08. The van der Waals surface area contributed by atoms with E-state index in [1.165, 1.54) is 0 Å². The summed E-state index contributed by atoms with van der Waals surface area (Å²) in [7, 11) is 1.84. The van der Waals surface area contributed by atoms with Gasteiger partial charge in [-0.15, -0.1) is 5.10 Å². The molecule has 118 valence electrons. The van der Waals surface area contributed by atoms with Gasteiger partial charge in [-0.25, -0.2) is 4.68 Å². The maximum Gasteiger partial charge on any atom is 0.307 e. The number of hydrogen-bond acceptors (Lipinski definition) is 4. The topological polar surface area (TPSA) is 71.2 Å². The number of rotatable bonds is 6. The van der Waals surface area contributed by atoms with Crippen LogP contribution in [0.3, 0.4) is 0 Å². The van der Waals surface area contributed by atoms with E-state index in [1.807, 2.05) is 11.9 Å². The molecule has 2 aromatic rings. The fourth-order valence-electron chi connectivity index (χ4n) is 2.04. The lowest BCUT2D eigenvalue weighted by Crippen LogP contribution is -2.28. The SMILES string of the molecule is CC(CN(C)Cc1cn(-c2cccc(Cl)c2Cl)nn1)C(=O)O. The normalized spacial score (nSPS) is 12.6. The van der Waals surface area contributed by atoms with Gasteiger partial charge in [0.1, 0.15) is 0 Å². The monoisotopic (exact) mass is 342 g/mol. The van der Waals surface area contributed by atoms with Crippen molar-refractivity contribution in [3.8, 4) is 5.69 Å². The van der Waals surface area contributed by atoms with Gasteiger partial charge in [0.05, 0.1) is 33.5 Å². The van der Waals surface area contributed by atoms with Crippen molar-refractivity contribution in [2.24, 2.45) is 5.92 Å². The van der Waals surface area contributed by atoms with Crippen LogP contribution in [-0.2, 0) is 11.3 Å². The van der Waals surface area contributed by atoms with Crippen molar-refractivity contribution in [2.75, 3.05) is 13.6 Å². The van der Waals surface area contributed by atoms with Crippen LogP contribution >= 0.6 is 23.2 Å². The predicted molar refractivity (Wildman–Crippen MR) is 84.5 cm³/mol. The molecule has 2 rings (SSSR count). The third-order valence-electron chi connectivity index (χ3n) is 3.16. The predicted octanol–water partition coefficient (Wildman–Crippen LogP) is 2.73. The molecule has 0 amide bonds. The standard InChI is InChI=1S/C14H16Cl2N4O2/c1-9(14(21)22)6-19(2)7-10-8-20(18-17-10)12-5-3-4-11(15)13(12)16/h3-5,8-9H,6-7H2,1-2H3,(H,21,22). The molecular weight excluding hydrogens is 327 g/mol. The van der Waals surface area contributed by atoms with E-state index in [0.29, 0.717) is 28.8 Å². The number of aliphatic carboxylic acids is 1. The second kappa shape index (κ2) is 7.09. The third kappa shape index (κ3) is 3.97. The van der Waals surface area contributed by atoms with Gasteiger partial charge < -0.3 is 5.11 Å². The molecule has 1 aromatic heterocycles. The van der Waals surface area contributed by atoms with Gasteiger partial charge in [-0.3, -0.25) is 9.69 Å². The number of benzene rings is 1. The van der Waals surface area contributed by atoms with Crippen molar-refractivity contribution < 1.29 is 9.90 Å². The Labute approximate surface area is 138 Å². The highest BCUT2D eigenvalue weighted by Crippen LogP contribution is 2.27. The largest absolute Gasteiger partial charge is 0.481 e. The van der Waals surface area contributed by atoms with Gasteiger partial charge in [0, 0.05) is 13.1 Å². The van der Waals surface area contributed by atoms with Gasteiger partial charge in [0.25, 0.3) is 0 Å². The van der Waals surface area contributed by atoms with E-state index in [2.05, 4.69) is 10.3 Å². The number of carboxylic acid groups (broad SMARTS) is 1. The zero-order chi connectivity index (χ0) is 16.3.